The quantitative estimate of drug-likeness (QED) is 0.808. The number of ether oxygens (including phenoxy) is 1. The van der Waals surface area contributed by atoms with Crippen LogP contribution in [0.3, 0.4) is 0 Å². The number of fused-ring (bicyclic) bond motifs is 1. The van der Waals surface area contributed by atoms with Crippen LogP contribution in [-0.2, 0) is 9.53 Å². The van der Waals surface area contributed by atoms with E-state index in [0.717, 1.165) is 0 Å². The molecule has 0 radical (unpaired) electrons. The summed E-state index contributed by atoms with van der Waals surface area (Å²) in [5.74, 6) is -1.53. The molecular formula is C16H19N3O4. The molecular weight excluding hydrogens is 298 g/mol. The number of nitrogens with zero attached hydrogens (tertiary/aromatic N) is 1. The summed E-state index contributed by atoms with van der Waals surface area (Å²) in [4.78, 5) is 42.5. The Labute approximate surface area is 133 Å². The summed E-state index contributed by atoms with van der Waals surface area (Å²) >= 11 is 0. The highest BCUT2D eigenvalue weighted by molar-refractivity contribution is 5.93. The lowest BCUT2D eigenvalue weighted by Crippen LogP contribution is -2.41. The molecule has 1 aromatic carbocycles. The van der Waals surface area contributed by atoms with E-state index in [2.05, 4.69) is 15.3 Å². The third-order valence-corrected chi connectivity index (χ3v) is 3.60. The lowest BCUT2D eigenvalue weighted by atomic mass is 10.0. The van der Waals surface area contributed by atoms with Crippen molar-refractivity contribution in [3.63, 3.8) is 0 Å². The first-order valence-corrected chi connectivity index (χ1v) is 7.40. The fourth-order valence-corrected chi connectivity index (χ4v) is 2.07. The number of amides is 1. The van der Waals surface area contributed by atoms with E-state index in [1.54, 1.807) is 45.0 Å². The van der Waals surface area contributed by atoms with Crippen LogP contribution in [0.5, 0.6) is 0 Å². The van der Waals surface area contributed by atoms with Gasteiger partial charge in [0.2, 0.25) is 0 Å². The lowest BCUT2D eigenvalue weighted by molar-refractivity contribution is -0.148. The number of para-hydroxylation sites is 1. The molecule has 1 aromatic heterocycles. The molecule has 2 aromatic rings. The summed E-state index contributed by atoms with van der Waals surface area (Å²) in [7, 11) is 0. The number of aromatic nitrogens is 2. The smallest absolute Gasteiger partial charge is 0.310 e. The SMILES string of the molecule is CCOC(=O)C(C)C(C)NC(=O)c1nc2ccccc2c(=O)[nH]1. The van der Waals surface area contributed by atoms with Gasteiger partial charge in [-0.05, 0) is 32.9 Å². The second kappa shape index (κ2) is 7.04. The molecule has 2 unspecified atom stereocenters. The number of benzene rings is 1. The van der Waals surface area contributed by atoms with E-state index in [9.17, 15) is 14.4 Å². The highest BCUT2D eigenvalue weighted by atomic mass is 16.5. The number of carbonyl (C=O) groups is 2. The Kier molecular flexibility index (Phi) is 5.10. The molecule has 122 valence electrons. The maximum absolute atomic E-state index is 12.2. The summed E-state index contributed by atoms with van der Waals surface area (Å²) in [6.45, 7) is 5.36. The summed E-state index contributed by atoms with van der Waals surface area (Å²) in [6, 6.07) is 6.29. The van der Waals surface area contributed by atoms with Crippen LogP contribution in [0.2, 0.25) is 0 Å². The average Bonchev–Trinajstić information content (AvgIpc) is 2.54. The highest BCUT2D eigenvalue weighted by Gasteiger charge is 2.24. The van der Waals surface area contributed by atoms with Crippen molar-refractivity contribution in [3.8, 4) is 0 Å². The minimum Gasteiger partial charge on any atom is -0.466 e. The average molecular weight is 317 g/mol. The van der Waals surface area contributed by atoms with Crippen LogP contribution in [0.1, 0.15) is 31.4 Å². The topological polar surface area (TPSA) is 101 Å². The molecule has 23 heavy (non-hydrogen) atoms. The standard InChI is InChI=1S/C16H19N3O4/c1-4-23-16(22)9(2)10(3)17-15(21)13-18-12-8-6-5-7-11(12)14(20)19-13/h5-10H,4H2,1-3H3,(H,17,21)(H,18,19,20). The van der Waals surface area contributed by atoms with E-state index < -0.39 is 17.9 Å². The Morgan fingerprint density at radius 3 is 2.70 bits per heavy atom. The maximum atomic E-state index is 12.2. The van der Waals surface area contributed by atoms with Crippen LogP contribution >= 0.6 is 0 Å². The maximum Gasteiger partial charge on any atom is 0.310 e. The van der Waals surface area contributed by atoms with Crippen molar-refractivity contribution in [2.45, 2.75) is 26.8 Å². The summed E-state index contributed by atoms with van der Waals surface area (Å²) in [5.41, 5.74) is 0.0549. The molecule has 0 aliphatic carbocycles. The number of aromatic amines is 1. The molecule has 0 bridgehead atoms. The van der Waals surface area contributed by atoms with Gasteiger partial charge in [-0.25, -0.2) is 4.98 Å². The number of hydrogen-bond donors (Lipinski definition) is 2. The first-order valence-electron chi connectivity index (χ1n) is 7.40. The van der Waals surface area contributed by atoms with E-state index in [4.69, 9.17) is 4.74 Å². The van der Waals surface area contributed by atoms with Gasteiger partial charge in [0, 0.05) is 6.04 Å². The van der Waals surface area contributed by atoms with Crippen molar-refractivity contribution in [2.24, 2.45) is 5.92 Å². The minimum absolute atomic E-state index is 0.0865. The van der Waals surface area contributed by atoms with E-state index in [1.165, 1.54) is 0 Å². The number of rotatable bonds is 5. The first kappa shape index (κ1) is 16.7. The number of hydrogen-bond acceptors (Lipinski definition) is 5. The second-order valence-corrected chi connectivity index (χ2v) is 5.23. The molecule has 0 fully saturated rings. The fourth-order valence-electron chi connectivity index (χ4n) is 2.07. The van der Waals surface area contributed by atoms with Crippen molar-refractivity contribution in [3.05, 3.63) is 40.4 Å². The van der Waals surface area contributed by atoms with Gasteiger partial charge in [0.1, 0.15) is 0 Å². The molecule has 2 rings (SSSR count). The van der Waals surface area contributed by atoms with Gasteiger partial charge in [-0.1, -0.05) is 12.1 Å². The number of nitrogens with one attached hydrogen (secondary N) is 2. The zero-order valence-electron chi connectivity index (χ0n) is 13.3. The van der Waals surface area contributed by atoms with E-state index in [-0.39, 0.29) is 24.0 Å². The molecule has 0 saturated heterocycles. The Hall–Kier alpha value is -2.70. The van der Waals surface area contributed by atoms with Gasteiger partial charge in [0.05, 0.1) is 23.4 Å². The molecule has 1 heterocycles. The molecule has 7 heteroatoms. The molecule has 1 amide bonds. The number of esters is 1. The Morgan fingerprint density at radius 1 is 1.30 bits per heavy atom. The number of carbonyl (C=O) groups excluding carboxylic acids is 2. The van der Waals surface area contributed by atoms with Crippen LogP contribution < -0.4 is 10.9 Å². The van der Waals surface area contributed by atoms with Gasteiger partial charge >= 0.3 is 5.97 Å². The minimum atomic E-state index is -0.545. The molecule has 0 aliphatic rings. The van der Waals surface area contributed by atoms with E-state index in [0.29, 0.717) is 10.9 Å². The Morgan fingerprint density at radius 2 is 2.00 bits per heavy atom. The highest BCUT2D eigenvalue weighted by Crippen LogP contribution is 2.08. The van der Waals surface area contributed by atoms with E-state index in [1.807, 2.05) is 0 Å². The van der Waals surface area contributed by atoms with Crippen LogP contribution in [-0.4, -0.2) is 34.5 Å². The van der Waals surface area contributed by atoms with Gasteiger partial charge < -0.3 is 15.0 Å². The van der Waals surface area contributed by atoms with Gasteiger partial charge in [-0.15, -0.1) is 0 Å². The molecule has 0 aliphatic heterocycles. The zero-order valence-corrected chi connectivity index (χ0v) is 13.3. The molecule has 7 nitrogen and oxygen atoms in total. The van der Waals surface area contributed by atoms with Crippen LogP contribution in [0.15, 0.2) is 29.1 Å². The normalized spacial score (nSPS) is 13.3. The summed E-state index contributed by atoms with van der Waals surface area (Å²) < 4.78 is 4.93. The van der Waals surface area contributed by atoms with Gasteiger partial charge in [-0.3, -0.25) is 14.4 Å². The predicted molar refractivity (Wildman–Crippen MR) is 85.1 cm³/mol. The zero-order chi connectivity index (χ0) is 17.0. The van der Waals surface area contributed by atoms with Crippen LogP contribution in [0.4, 0.5) is 0 Å². The van der Waals surface area contributed by atoms with Crippen molar-refractivity contribution in [1.29, 1.82) is 0 Å². The lowest BCUT2D eigenvalue weighted by Gasteiger charge is -2.19. The van der Waals surface area contributed by atoms with Crippen molar-refractivity contribution >= 4 is 22.8 Å². The largest absolute Gasteiger partial charge is 0.466 e. The second-order valence-electron chi connectivity index (χ2n) is 5.23. The predicted octanol–water partition coefficient (Wildman–Crippen LogP) is 1.24. The van der Waals surface area contributed by atoms with Crippen molar-refractivity contribution in [2.75, 3.05) is 6.61 Å². The van der Waals surface area contributed by atoms with Gasteiger partial charge in [0.15, 0.2) is 5.82 Å². The van der Waals surface area contributed by atoms with Crippen molar-refractivity contribution in [1.82, 2.24) is 15.3 Å². The molecule has 2 atom stereocenters. The molecule has 2 N–H and O–H groups in total. The summed E-state index contributed by atoms with van der Waals surface area (Å²) in [5, 5.41) is 3.07. The van der Waals surface area contributed by atoms with Gasteiger partial charge in [-0.2, -0.15) is 0 Å². The first-order chi connectivity index (χ1) is 10.9. The van der Waals surface area contributed by atoms with Crippen molar-refractivity contribution < 1.29 is 14.3 Å². The number of H-pyrrole nitrogens is 1. The monoisotopic (exact) mass is 317 g/mol. The third kappa shape index (κ3) is 3.74. The fraction of sp³-hybridized carbons (Fsp3) is 0.375. The Balaban J connectivity index is 2.18. The van der Waals surface area contributed by atoms with Gasteiger partial charge in [0.25, 0.3) is 11.5 Å². The molecule has 0 saturated carbocycles. The summed E-state index contributed by atoms with van der Waals surface area (Å²) in [6.07, 6.45) is 0. The molecule has 0 spiro atoms. The third-order valence-electron chi connectivity index (χ3n) is 3.60. The van der Waals surface area contributed by atoms with E-state index >= 15 is 0 Å². The van der Waals surface area contributed by atoms with Crippen LogP contribution in [0.25, 0.3) is 10.9 Å². The Bertz CT molecular complexity index is 784. The van der Waals surface area contributed by atoms with Crippen LogP contribution in [0, 0.1) is 5.92 Å².